The Morgan fingerprint density at radius 3 is 2.95 bits per heavy atom. The number of piperidine rings is 1. The van der Waals surface area contributed by atoms with Crippen LogP contribution in [0.3, 0.4) is 0 Å². The lowest BCUT2D eigenvalue weighted by Gasteiger charge is -2.40. The summed E-state index contributed by atoms with van der Waals surface area (Å²) in [5.74, 6) is 0.894. The Balaban J connectivity index is 1.93. The highest BCUT2D eigenvalue weighted by Crippen LogP contribution is 2.30. The Morgan fingerprint density at radius 2 is 2.20 bits per heavy atom. The van der Waals surface area contributed by atoms with Gasteiger partial charge >= 0.3 is 0 Å². The smallest absolute Gasteiger partial charge is 0.147 e. The molecular formula is C16H22N4. The molecule has 2 unspecified atom stereocenters. The van der Waals surface area contributed by atoms with Crippen molar-refractivity contribution in [3.8, 4) is 6.07 Å². The van der Waals surface area contributed by atoms with E-state index in [1.807, 2.05) is 19.1 Å². The first-order chi connectivity index (χ1) is 9.79. The van der Waals surface area contributed by atoms with Gasteiger partial charge in [-0.2, -0.15) is 5.26 Å². The van der Waals surface area contributed by atoms with Crippen molar-refractivity contribution in [1.82, 2.24) is 10.3 Å². The quantitative estimate of drug-likeness (QED) is 0.896. The molecule has 4 nitrogen and oxygen atoms in total. The van der Waals surface area contributed by atoms with Gasteiger partial charge in [0.05, 0.1) is 5.56 Å². The Morgan fingerprint density at radius 1 is 1.30 bits per heavy atom. The number of aromatic nitrogens is 1. The summed E-state index contributed by atoms with van der Waals surface area (Å²) in [6.07, 6.45) is 6.20. The molecule has 1 N–H and O–H groups in total. The van der Waals surface area contributed by atoms with E-state index in [1.54, 1.807) is 0 Å². The first-order valence-electron chi connectivity index (χ1n) is 7.67. The molecule has 4 heteroatoms. The second-order valence-corrected chi connectivity index (χ2v) is 5.89. The van der Waals surface area contributed by atoms with Crippen LogP contribution in [0.5, 0.6) is 0 Å². The van der Waals surface area contributed by atoms with E-state index in [0.29, 0.717) is 17.6 Å². The lowest BCUT2D eigenvalue weighted by Crippen LogP contribution is -2.51. The van der Waals surface area contributed by atoms with Gasteiger partial charge in [0.2, 0.25) is 0 Å². The van der Waals surface area contributed by atoms with Gasteiger partial charge in [0, 0.05) is 24.3 Å². The highest BCUT2D eigenvalue weighted by molar-refractivity contribution is 5.55. The van der Waals surface area contributed by atoms with Crippen LogP contribution < -0.4 is 10.2 Å². The number of anilines is 1. The Hall–Kier alpha value is -1.60. The maximum atomic E-state index is 9.36. The molecule has 0 amide bonds. The second-order valence-electron chi connectivity index (χ2n) is 5.89. The number of pyridine rings is 1. The van der Waals surface area contributed by atoms with Gasteiger partial charge < -0.3 is 10.2 Å². The van der Waals surface area contributed by atoms with Gasteiger partial charge in [0.15, 0.2) is 0 Å². The first-order valence-corrected chi connectivity index (χ1v) is 7.67. The van der Waals surface area contributed by atoms with Crippen molar-refractivity contribution < 1.29 is 0 Å². The summed E-state index contributed by atoms with van der Waals surface area (Å²) in [6, 6.07) is 7.19. The van der Waals surface area contributed by atoms with Crippen LogP contribution in [0.2, 0.25) is 0 Å². The van der Waals surface area contributed by atoms with Crippen molar-refractivity contribution >= 4 is 5.82 Å². The number of hydrogen-bond acceptors (Lipinski definition) is 4. The summed E-state index contributed by atoms with van der Waals surface area (Å²) in [5, 5.41) is 13.0. The van der Waals surface area contributed by atoms with Crippen LogP contribution in [-0.4, -0.2) is 30.2 Å². The molecule has 106 valence electrons. The molecule has 3 rings (SSSR count). The Labute approximate surface area is 120 Å². The molecule has 3 heterocycles. The number of aryl methyl sites for hydroxylation is 1. The molecule has 1 aromatic rings. The molecule has 0 saturated carbocycles. The number of rotatable bonds is 2. The average Bonchev–Trinajstić information content (AvgIpc) is 3.01. The molecule has 2 atom stereocenters. The molecule has 1 aromatic heterocycles. The van der Waals surface area contributed by atoms with Crippen molar-refractivity contribution in [3.05, 3.63) is 23.4 Å². The zero-order chi connectivity index (χ0) is 13.9. The standard InChI is InChI=1S/C16H22N4/c1-12-7-8-13(11-17)16(19-12)20-10-3-2-6-15(20)14-5-4-9-18-14/h7-8,14-15,18H,2-6,9-10H2,1H3. The van der Waals surface area contributed by atoms with Crippen LogP contribution in [0.1, 0.15) is 43.4 Å². The fraction of sp³-hybridized carbons (Fsp3) is 0.625. The molecule has 2 saturated heterocycles. The summed E-state index contributed by atoms with van der Waals surface area (Å²) < 4.78 is 0. The molecule has 2 fully saturated rings. The molecule has 0 aromatic carbocycles. The molecule has 0 aliphatic carbocycles. The van der Waals surface area contributed by atoms with Crippen LogP contribution in [0.4, 0.5) is 5.82 Å². The normalized spacial score (nSPS) is 26.5. The summed E-state index contributed by atoms with van der Waals surface area (Å²) in [6.45, 7) is 4.15. The zero-order valence-corrected chi connectivity index (χ0v) is 12.1. The van der Waals surface area contributed by atoms with Gasteiger partial charge in [0.25, 0.3) is 0 Å². The SMILES string of the molecule is Cc1ccc(C#N)c(N2CCCCC2C2CCCN2)n1. The van der Waals surface area contributed by atoms with E-state index in [9.17, 15) is 5.26 Å². The minimum atomic E-state index is 0.493. The third-order valence-electron chi connectivity index (χ3n) is 4.52. The van der Waals surface area contributed by atoms with Gasteiger partial charge in [-0.3, -0.25) is 0 Å². The monoisotopic (exact) mass is 270 g/mol. The van der Waals surface area contributed by atoms with E-state index < -0.39 is 0 Å². The van der Waals surface area contributed by atoms with E-state index in [4.69, 9.17) is 0 Å². The van der Waals surface area contributed by atoms with E-state index in [1.165, 1.54) is 32.1 Å². The van der Waals surface area contributed by atoms with Crippen molar-refractivity contribution in [1.29, 1.82) is 5.26 Å². The Bertz CT molecular complexity index is 514. The highest BCUT2D eigenvalue weighted by atomic mass is 15.2. The van der Waals surface area contributed by atoms with Gasteiger partial charge in [-0.05, 0) is 57.7 Å². The number of nitrogens with one attached hydrogen (secondary N) is 1. The van der Waals surface area contributed by atoms with Crippen LogP contribution in [0, 0.1) is 18.3 Å². The predicted molar refractivity (Wildman–Crippen MR) is 79.7 cm³/mol. The van der Waals surface area contributed by atoms with Gasteiger partial charge in [-0.15, -0.1) is 0 Å². The van der Waals surface area contributed by atoms with Crippen molar-refractivity contribution in [3.63, 3.8) is 0 Å². The first kappa shape index (κ1) is 13.4. The summed E-state index contributed by atoms with van der Waals surface area (Å²) >= 11 is 0. The second kappa shape index (κ2) is 5.80. The fourth-order valence-electron chi connectivity index (χ4n) is 3.53. The molecule has 0 bridgehead atoms. The average molecular weight is 270 g/mol. The minimum absolute atomic E-state index is 0.493. The fourth-order valence-corrected chi connectivity index (χ4v) is 3.53. The van der Waals surface area contributed by atoms with E-state index in [2.05, 4.69) is 21.3 Å². The zero-order valence-electron chi connectivity index (χ0n) is 12.1. The van der Waals surface area contributed by atoms with Crippen LogP contribution in [0.25, 0.3) is 0 Å². The Kier molecular flexibility index (Phi) is 3.88. The van der Waals surface area contributed by atoms with Gasteiger partial charge in [-0.1, -0.05) is 0 Å². The topological polar surface area (TPSA) is 52.0 Å². The van der Waals surface area contributed by atoms with Crippen LogP contribution in [0.15, 0.2) is 12.1 Å². The third kappa shape index (κ3) is 2.51. The lowest BCUT2D eigenvalue weighted by atomic mass is 9.94. The minimum Gasteiger partial charge on any atom is -0.351 e. The van der Waals surface area contributed by atoms with Crippen molar-refractivity contribution in [2.75, 3.05) is 18.0 Å². The third-order valence-corrected chi connectivity index (χ3v) is 4.52. The van der Waals surface area contributed by atoms with Crippen molar-refractivity contribution in [2.45, 2.75) is 51.1 Å². The number of nitriles is 1. The van der Waals surface area contributed by atoms with Gasteiger partial charge in [0.1, 0.15) is 11.9 Å². The van der Waals surface area contributed by atoms with Crippen molar-refractivity contribution in [2.24, 2.45) is 0 Å². The van der Waals surface area contributed by atoms with Crippen LogP contribution >= 0.6 is 0 Å². The van der Waals surface area contributed by atoms with E-state index in [0.717, 1.165) is 24.6 Å². The highest BCUT2D eigenvalue weighted by Gasteiger charge is 2.33. The maximum absolute atomic E-state index is 9.36. The van der Waals surface area contributed by atoms with E-state index in [-0.39, 0.29) is 0 Å². The maximum Gasteiger partial charge on any atom is 0.147 e. The largest absolute Gasteiger partial charge is 0.351 e. The molecular weight excluding hydrogens is 248 g/mol. The molecule has 0 radical (unpaired) electrons. The summed E-state index contributed by atoms with van der Waals surface area (Å²) in [7, 11) is 0. The summed E-state index contributed by atoms with van der Waals surface area (Å²) in [5.41, 5.74) is 1.70. The van der Waals surface area contributed by atoms with E-state index >= 15 is 0 Å². The molecule has 2 aliphatic rings. The molecule has 2 aliphatic heterocycles. The predicted octanol–water partition coefficient (Wildman–Crippen LogP) is 2.37. The summed E-state index contributed by atoms with van der Waals surface area (Å²) in [4.78, 5) is 7.05. The molecule has 0 spiro atoms. The lowest BCUT2D eigenvalue weighted by molar-refractivity contribution is 0.376. The van der Waals surface area contributed by atoms with Gasteiger partial charge in [-0.25, -0.2) is 4.98 Å². The number of nitrogens with zero attached hydrogens (tertiary/aromatic N) is 3. The number of hydrogen-bond donors (Lipinski definition) is 1. The molecule has 20 heavy (non-hydrogen) atoms. The van der Waals surface area contributed by atoms with Crippen LogP contribution in [-0.2, 0) is 0 Å².